The predicted octanol–water partition coefficient (Wildman–Crippen LogP) is 4.02. The monoisotopic (exact) mass is 291 g/mol. The quantitative estimate of drug-likeness (QED) is 0.749. The smallest absolute Gasteiger partial charge is 0.125 e. The van der Waals surface area contributed by atoms with Gasteiger partial charge in [-0.2, -0.15) is 0 Å². The van der Waals surface area contributed by atoms with Crippen molar-refractivity contribution in [2.45, 2.75) is 12.0 Å². The molecule has 3 aromatic rings. The normalized spacial score (nSPS) is 20.1. The minimum Gasteiger partial charge on any atom is -0.496 e. The van der Waals surface area contributed by atoms with E-state index in [-0.39, 0.29) is 5.92 Å². The van der Waals surface area contributed by atoms with Crippen molar-refractivity contribution >= 4 is 17.0 Å². The summed E-state index contributed by atoms with van der Waals surface area (Å²) in [7, 11) is 1.64. The molecule has 2 aromatic carbocycles. The largest absolute Gasteiger partial charge is 0.496 e. The molecule has 0 bridgehead atoms. The Morgan fingerprint density at radius 2 is 1.95 bits per heavy atom. The Balaban J connectivity index is 1.85. The molecule has 2 atom stereocenters. The molecule has 1 aliphatic rings. The first-order valence-corrected chi connectivity index (χ1v) is 7.39. The number of aromatic nitrogens is 1. The van der Waals surface area contributed by atoms with Crippen LogP contribution in [0, 0.1) is 0 Å². The first-order chi connectivity index (χ1) is 10.8. The lowest BCUT2D eigenvalue weighted by atomic mass is 9.82. The van der Waals surface area contributed by atoms with Crippen LogP contribution in [-0.2, 0) is 0 Å². The van der Waals surface area contributed by atoms with Gasteiger partial charge in [0.1, 0.15) is 5.75 Å². The standard InChI is InChI=1S/C19H17NO2/c1-22-17-8-4-5-12-9-10-14(19(21)18(12)17)15-11-20-16-7-3-2-6-13(15)16/h2-11,14,19-21H,1H3/t14-,19-/m1/s1. The summed E-state index contributed by atoms with van der Waals surface area (Å²) in [5, 5.41) is 12.1. The zero-order valence-electron chi connectivity index (χ0n) is 12.3. The average Bonchev–Trinajstić information content (AvgIpc) is 2.98. The van der Waals surface area contributed by atoms with Gasteiger partial charge in [-0.05, 0) is 23.3 Å². The Morgan fingerprint density at radius 3 is 2.82 bits per heavy atom. The molecular formula is C19H17NO2. The van der Waals surface area contributed by atoms with E-state index < -0.39 is 6.10 Å². The van der Waals surface area contributed by atoms with Crippen molar-refractivity contribution in [3.63, 3.8) is 0 Å². The van der Waals surface area contributed by atoms with Gasteiger partial charge in [0.05, 0.1) is 13.2 Å². The molecule has 1 aliphatic carbocycles. The highest BCUT2D eigenvalue weighted by Gasteiger charge is 2.29. The van der Waals surface area contributed by atoms with Gasteiger partial charge in [-0.25, -0.2) is 0 Å². The summed E-state index contributed by atoms with van der Waals surface area (Å²) >= 11 is 0. The molecule has 0 saturated carbocycles. The molecule has 2 N–H and O–H groups in total. The fourth-order valence-corrected chi connectivity index (χ4v) is 3.34. The van der Waals surface area contributed by atoms with Gasteiger partial charge in [0.25, 0.3) is 0 Å². The first-order valence-electron chi connectivity index (χ1n) is 7.39. The topological polar surface area (TPSA) is 45.2 Å². The Hall–Kier alpha value is -2.52. The number of hydrogen-bond donors (Lipinski definition) is 2. The van der Waals surface area contributed by atoms with Crippen LogP contribution in [0.2, 0.25) is 0 Å². The maximum atomic E-state index is 10.9. The number of nitrogens with one attached hydrogen (secondary N) is 1. The number of methoxy groups -OCH3 is 1. The van der Waals surface area contributed by atoms with Gasteiger partial charge in [0.2, 0.25) is 0 Å². The van der Waals surface area contributed by atoms with Crippen molar-refractivity contribution in [2.75, 3.05) is 7.11 Å². The number of fused-ring (bicyclic) bond motifs is 2. The van der Waals surface area contributed by atoms with E-state index >= 15 is 0 Å². The summed E-state index contributed by atoms with van der Waals surface area (Å²) in [6.45, 7) is 0. The van der Waals surface area contributed by atoms with Gasteiger partial charge in [-0.3, -0.25) is 0 Å². The van der Waals surface area contributed by atoms with Gasteiger partial charge >= 0.3 is 0 Å². The van der Waals surface area contributed by atoms with Crippen LogP contribution in [0.25, 0.3) is 17.0 Å². The van der Waals surface area contributed by atoms with Crippen molar-refractivity contribution in [3.05, 3.63) is 71.4 Å². The summed E-state index contributed by atoms with van der Waals surface area (Å²) in [6.07, 6.45) is 5.51. The van der Waals surface area contributed by atoms with Crippen molar-refractivity contribution in [1.82, 2.24) is 4.98 Å². The molecule has 0 radical (unpaired) electrons. The zero-order chi connectivity index (χ0) is 15.1. The van der Waals surface area contributed by atoms with E-state index in [9.17, 15) is 5.11 Å². The van der Waals surface area contributed by atoms with Gasteiger partial charge in [0.15, 0.2) is 0 Å². The number of aromatic amines is 1. The fourth-order valence-electron chi connectivity index (χ4n) is 3.34. The molecule has 1 heterocycles. The molecule has 0 unspecified atom stereocenters. The van der Waals surface area contributed by atoms with Crippen LogP contribution in [0.3, 0.4) is 0 Å². The van der Waals surface area contributed by atoms with Crippen LogP contribution in [0.4, 0.5) is 0 Å². The lowest BCUT2D eigenvalue weighted by molar-refractivity contribution is 0.156. The Bertz CT molecular complexity index is 863. The van der Waals surface area contributed by atoms with Crippen LogP contribution in [0.1, 0.15) is 28.7 Å². The van der Waals surface area contributed by atoms with Gasteiger partial charge in [-0.15, -0.1) is 0 Å². The highest BCUT2D eigenvalue weighted by atomic mass is 16.5. The SMILES string of the molecule is COc1cccc2c1[C@H](O)[C@@H](c1c[nH]c3ccccc13)C=C2. The molecule has 0 amide bonds. The number of H-pyrrole nitrogens is 1. The number of ether oxygens (including phenoxy) is 1. The molecule has 3 nitrogen and oxygen atoms in total. The molecular weight excluding hydrogens is 274 g/mol. The van der Waals surface area contributed by atoms with Gasteiger partial charge < -0.3 is 14.8 Å². The van der Waals surface area contributed by atoms with Crippen LogP contribution in [0.5, 0.6) is 5.75 Å². The number of para-hydroxylation sites is 1. The van der Waals surface area contributed by atoms with E-state index in [4.69, 9.17) is 4.74 Å². The molecule has 0 saturated heterocycles. The number of aliphatic hydroxyl groups is 1. The van der Waals surface area contributed by atoms with E-state index in [0.717, 1.165) is 33.3 Å². The molecule has 0 spiro atoms. The third-order valence-corrected chi connectivity index (χ3v) is 4.42. The maximum Gasteiger partial charge on any atom is 0.125 e. The minimum absolute atomic E-state index is 0.0834. The summed E-state index contributed by atoms with van der Waals surface area (Å²) in [4.78, 5) is 3.28. The van der Waals surface area contributed by atoms with Crippen molar-refractivity contribution in [1.29, 1.82) is 0 Å². The molecule has 0 fully saturated rings. The van der Waals surface area contributed by atoms with Crippen molar-refractivity contribution < 1.29 is 9.84 Å². The summed E-state index contributed by atoms with van der Waals surface area (Å²) in [5.74, 6) is 0.652. The zero-order valence-corrected chi connectivity index (χ0v) is 12.3. The highest BCUT2D eigenvalue weighted by molar-refractivity contribution is 5.84. The Kier molecular flexibility index (Phi) is 3.01. The van der Waals surface area contributed by atoms with Crippen molar-refractivity contribution in [2.24, 2.45) is 0 Å². The maximum absolute atomic E-state index is 10.9. The lowest BCUT2D eigenvalue weighted by Crippen LogP contribution is -2.14. The van der Waals surface area contributed by atoms with E-state index in [1.807, 2.05) is 42.6 Å². The van der Waals surface area contributed by atoms with Gasteiger partial charge in [0, 0.05) is 28.6 Å². The van der Waals surface area contributed by atoms with Crippen LogP contribution >= 0.6 is 0 Å². The second-order valence-corrected chi connectivity index (χ2v) is 5.58. The first kappa shape index (κ1) is 13.2. The lowest BCUT2D eigenvalue weighted by Gasteiger charge is -2.27. The summed E-state index contributed by atoms with van der Waals surface area (Å²) in [6, 6.07) is 14.0. The second kappa shape index (κ2) is 5.04. The molecule has 0 aliphatic heterocycles. The molecule has 4 rings (SSSR count). The summed E-state index contributed by atoms with van der Waals surface area (Å²) < 4.78 is 5.43. The fraction of sp³-hybridized carbons (Fsp3) is 0.158. The number of benzene rings is 2. The molecule has 1 aromatic heterocycles. The van der Waals surface area contributed by atoms with Crippen molar-refractivity contribution in [3.8, 4) is 5.75 Å². The third kappa shape index (κ3) is 1.86. The average molecular weight is 291 g/mol. The Labute approximate surface area is 128 Å². The summed E-state index contributed by atoms with van der Waals surface area (Å²) in [5.41, 5.74) is 4.07. The van der Waals surface area contributed by atoms with Crippen LogP contribution in [0.15, 0.2) is 54.7 Å². The van der Waals surface area contributed by atoms with Crippen LogP contribution < -0.4 is 4.74 Å². The second-order valence-electron chi connectivity index (χ2n) is 5.58. The molecule has 22 heavy (non-hydrogen) atoms. The van der Waals surface area contributed by atoms with Gasteiger partial charge in [-0.1, -0.05) is 42.5 Å². The minimum atomic E-state index is -0.615. The van der Waals surface area contributed by atoms with E-state index in [1.165, 1.54) is 0 Å². The Morgan fingerprint density at radius 1 is 1.09 bits per heavy atom. The third-order valence-electron chi connectivity index (χ3n) is 4.42. The molecule has 110 valence electrons. The number of rotatable bonds is 2. The number of hydrogen-bond acceptors (Lipinski definition) is 2. The molecule has 3 heteroatoms. The van der Waals surface area contributed by atoms with Crippen LogP contribution in [-0.4, -0.2) is 17.2 Å². The van der Waals surface area contributed by atoms with E-state index in [2.05, 4.69) is 23.2 Å². The van der Waals surface area contributed by atoms with E-state index in [0.29, 0.717) is 0 Å². The van der Waals surface area contributed by atoms with E-state index in [1.54, 1.807) is 7.11 Å². The predicted molar refractivity (Wildman–Crippen MR) is 88.0 cm³/mol. The highest BCUT2D eigenvalue weighted by Crippen LogP contribution is 2.44. The number of aliphatic hydroxyl groups excluding tert-OH is 1.